The zero-order valence-electron chi connectivity index (χ0n) is 7.69. The van der Waals surface area contributed by atoms with Gasteiger partial charge in [0.15, 0.2) is 0 Å². The van der Waals surface area contributed by atoms with E-state index in [0.717, 1.165) is 0 Å². The number of rotatable bonds is 3. The summed E-state index contributed by atoms with van der Waals surface area (Å²) < 4.78 is 4.76. The van der Waals surface area contributed by atoms with Gasteiger partial charge in [-0.3, -0.25) is 9.69 Å². The molecule has 0 aromatic heterocycles. The van der Waals surface area contributed by atoms with Gasteiger partial charge in [0.1, 0.15) is 13.2 Å². The number of hydrogen-bond donors (Lipinski definition) is 1. The summed E-state index contributed by atoms with van der Waals surface area (Å²) in [7, 11) is 0. The first-order valence-electron chi connectivity index (χ1n) is 4.17. The summed E-state index contributed by atoms with van der Waals surface area (Å²) in [4.78, 5) is 22.7. The van der Waals surface area contributed by atoms with E-state index >= 15 is 0 Å². The monoisotopic (exact) mass is 187 g/mol. The molecular formula is C8H13NO4. The number of carboxylic acids is 1. The molecule has 0 aromatic carbocycles. The molecule has 0 aromatic rings. The van der Waals surface area contributed by atoms with E-state index in [0.29, 0.717) is 6.61 Å². The Hall–Kier alpha value is -1.26. The Morgan fingerprint density at radius 2 is 2.38 bits per heavy atom. The second-order valence-electron chi connectivity index (χ2n) is 3.41. The van der Waals surface area contributed by atoms with Gasteiger partial charge >= 0.3 is 12.1 Å². The number of amides is 1. The topological polar surface area (TPSA) is 66.8 Å². The molecule has 1 atom stereocenters. The van der Waals surface area contributed by atoms with E-state index in [4.69, 9.17) is 9.84 Å². The lowest BCUT2D eigenvalue weighted by Gasteiger charge is -2.22. The van der Waals surface area contributed by atoms with Crippen molar-refractivity contribution in [3.63, 3.8) is 0 Å². The van der Waals surface area contributed by atoms with E-state index in [1.807, 2.05) is 13.8 Å². The van der Waals surface area contributed by atoms with Crippen LogP contribution in [0, 0.1) is 5.92 Å². The normalized spacial score (nSPS) is 22.2. The Morgan fingerprint density at radius 3 is 2.85 bits per heavy atom. The van der Waals surface area contributed by atoms with Crippen molar-refractivity contribution in [1.29, 1.82) is 0 Å². The van der Waals surface area contributed by atoms with Crippen molar-refractivity contribution in [2.24, 2.45) is 5.92 Å². The lowest BCUT2D eigenvalue weighted by atomic mass is 10.1. The van der Waals surface area contributed by atoms with E-state index in [9.17, 15) is 9.59 Å². The number of nitrogens with zero attached hydrogens (tertiary/aromatic N) is 1. The third kappa shape index (κ3) is 2.11. The van der Waals surface area contributed by atoms with Gasteiger partial charge in [-0.15, -0.1) is 0 Å². The minimum atomic E-state index is -1.01. The molecule has 1 amide bonds. The molecule has 0 bridgehead atoms. The fourth-order valence-electron chi connectivity index (χ4n) is 1.34. The van der Waals surface area contributed by atoms with Gasteiger partial charge < -0.3 is 9.84 Å². The predicted molar refractivity (Wildman–Crippen MR) is 44.3 cm³/mol. The highest BCUT2D eigenvalue weighted by Crippen LogP contribution is 2.18. The quantitative estimate of drug-likeness (QED) is 0.700. The number of carboxylic acid groups (broad SMARTS) is 1. The molecule has 1 heterocycles. The zero-order chi connectivity index (χ0) is 10.0. The maximum Gasteiger partial charge on any atom is 0.410 e. The van der Waals surface area contributed by atoms with E-state index in [-0.39, 0.29) is 18.5 Å². The van der Waals surface area contributed by atoms with Crippen LogP contribution in [-0.4, -0.2) is 41.3 Å². The number of carbonyl (C=O) groups excluding carboxylic acids is 1. The van der Waals surface area contributed by atoms with Crippen LogP contribution in [0.1, 0.15) is 13.8 Å². The zero-order valence-corrected chi connectivity index (χ0v) is 7.69. The molecule has 0 aliphatic carbocycles. The van der Waals surface area contributed by atoms with Crippen LogP contribution in [0.2, 0.25) is 0 Å². The van der Waals surface area contributed by atoms with Gasteiger partial charge in [0.25, 0.3) is 0 Å². The molecule has 1 fully saturated rings. The fourth-order valence-corrected chi connectivity index (χ4v) is 1.34. The number of hydrogen-bond acceptors (Lipinski definition) is 3. The van der Waals surface area contributed by atoms with Gasteiger partial charge in [0.05, 0.1) is 6.04 Å². The molecule has 1 aliphatic rings. The molecule has 1 saturated heterocycles. The molecular weight excluding hydrogens is 174 g/mol. The van der Waals surface area contributed by atoms with Crippen LogP contribution in [-0.2, 0) is 9.53 Å². The molecule has 5 nitrogen and oxygen atoms in total. The average molecular weight is 187 g/mol. The minimum absolute atomic E-state index is 0.108. The number of ether oxygens (including phenoxy) is 1. The number of cyclic esters (lactones) is 1. The first kappa shape index (κ1) is 9.83. The molecule has 1 rings (SSSR count). The summed E-state index contributed by atoms with van der Waals surface area (Å²) in [5, 5.41) is 8.54. The highest BCUT2D eigenvalue weighted by atomic mass is 16.6. The highest BCUT2D eigenvalue weighted by molar-refractivity contribution is 5.78. The third-order valence-corrected chi connectivity index (χ3v) is 2.09. The summed E-state index contributed by atoms with van der Waals surface area (Å²) in [5.41, 5.74) is 0. The second-order valence-corrected chi connectivity index (χ2v) is 3.41. The SMILES string of the molecule is CC(C)[C@@H]1COC(=O)N1CC(=O)O. The van der Waals surface area contributed by atoms with Crippen molar-refractivity contribution in [3.8, 4) is 0 Å². The van der Waals surface area contributed by atoms with Crippen molar-refractivity contribution in [2.75, 3.05) is 13.2 Å². The summed E-state index contributed by atoms with van der Waals surface area (Å²) in [6.07, 6.45) is -0.527. The Bertz CT molecular complexity index is 226. The summed E-state index contributed by atoms with van der Waals surface area (Å²) in [6.45, 7) is 3.88. The van der Waals surface area contributed by atoms with Crippen LogP contribution in [0.4, 0.5) is 4.79 Å². The maximum absolute atomic E-state index is 11.1. The maximum atomic E-state index is 11.1. The third-order valence-electron chi connectivity index (χ3n) is 2.09. The van der Waals surface area contributed by atoms with Gasteiger partial charge in [-0.25, -0.2) is 4.79 Å². The summed E-state index contributed by atoms with van der Waals surface area (Å²) in [6, 6.07) is -0.108. The Kier molecular flexibility index (Phi) is 2.75. The first-order chi connectivity index (χ1) is 6.02. The van der Waals surface area contributed by atoms with E-state index < -0.39 is 12.1 Å². The number of aliphatic carboxylic acids is 1. The number of carbonyl (C=O) groups is 2. The fraction of sp³-hybridized carbons (Fsp3) is 0.750. The van der Waals surface area contributed by atoms with Crippen LogP contribution in [0.25, 0.3) is 0 Å². The lowest BCUT2D eigenvalue weighted by Crippen LogP contribution is -2.40. The Balaban J connectivity index is 2.65. The van der Waals surface area contributed by atoms with E-state index in [2.05, 4.69) is 0 Å². The van der Waals surface area contributed by atoms with Gasteiger partial charge in [0.2, 0.25) is 0 Å². The largest absolute Gasteiger partial charge is 0.480 e. The highest BCUT2D eigenvalue weighted by Gasteiger charge is 2.35. The van der Waals surface area contributed by atoms with Gasteiger partial charge in [-0.2, -0.15) is 0 Å². The Labute approximate surface area is 76.3 Å². The molecule has 0 saturated carbocycles. The molecule has 13 heavy (non-hydrogen) atoms. The molecule has 1 N–H and O–H groups in total. The standard InChI is InChI=1S/C8H13NO4/c1-5(2)6-4-13-8(12)9(6)3-7(10)11/h5-6H,3-4H2,1-2H3,(H,10,11)/t6-/m0/s1. The molecule has 5 heteroatoms. The molecule has 74 valence electrons. The summed E-state index contributed by atoms with van der Waals surface area (Å²) in [5.74, 6) is -0.796. The summed E-state index contributed by atoms with van der Waals surface area (Å²) >= 11 is 0. The van der Waals surface area contributed by atoms with Crippen LogP contribution in [0.15, 0.2) is 0 Å². The van der Waals surface area contributed by atoms with Crippen LogP contribution < -0.4 is 0 Å². The predicted octanol–water partition coefficient (Wildman–Crippen LogP) is 0.548. The van der Waals surface area contributed by atoms with Crippen molar-refractivity contribution >= 4 is 12.1 Å². The van der Waals surface area contributed by atoms with Crippen molar-refractivity contribution in [3.05, 3.63) is 0 Å². The second kappa shape index (κ2) is 3.64. The van der Waals surface area contributed by atoms with Crippen molar-refractivity contribution < 1.29 is 19.4 Å². The average Bonchev–Trinajstić information content (AvgIpc) is 2.32. The van der Waals surface area contributed by atoms with Gasteiger partial charge in [-0.1, -0.05) is 13.8 Å². The van der Waals surface area contributed by atoms with E-state index in [1.165, 1.54) is 4.90 Å². The van der Waals surface area contributed by atoms with Crippen molar-refractivity contribution in [2.45, 2.75) is 19.9 Å². The first-order valence-corrected chi connectivity index (χ1v) is 4.17. The van der Waals surface area contributed by atoms with Gasteiger partial charge in [0, 0.05) is 0 Å². The Morgan fingerprint density at radius 1 is 1.77 bits per heavy atom. The van der Waals surface area contributed by atoms with E-state index in [1.54, 1.807) is 0 Å². The minimum Gasteiger partial charge on any atom is -0.480 e. The lowest BCUT2D eigenvalue weighted by molar-refractivity contribution is -0.138. The van der Waals surface area contributed by atoms with Crippen molar-refractivity contribution in [1.82, 2.24) is 4.90 Å². The van der Waals surface area contributed by atoms with Crippen LogP contribution in [0.3, 0.4) is 0 Å². The molecule has 0 unspecified atom stereocenters. The van der Waals surface area contributed by atoms with Crippen LogP contribution >= 0.6 is 0 Å². The van der Waals surface area contributed by atoms with Gasteiger partial charge in [-0.05, 0) is 5.92 Å². The van der Waals surface area contributed by atoms with Crippen LogP contribution in [0.5, 0.6) is 0 Å². The molecule has 0 radical (unpaired) electrons. The smallest absolute Gasteiger partial charge is 0.410 e. The molecule has 0 spiro atoms. The molecule has 1 aliphatic heterocycles.